The number of alkyl halides is 3. The van der Waals surface area contributed by atoms with E-state index in [-0.39, 0.29) is 17.7 Å². The first kappa shape index (κ1) is 17.4. The standard InChI is InChI=1S/C16H11ClF3N3O2/c1-24-8-25-12-7-9(16(18,19)20)4-5-10(12)13-11-3-2-6-21-14(11)15(17)23-22-13/h2-7H,8H2,1H3. The Morgan fingerprint density at radius 2 is 1.96 bits per heavy atom. The van der Waals surface area contributed by atoms with Crippen molar-refractivity contribution in [2.75, 3.05) is 13.9 Å². The molecule has 3 aromatic rings. The lowest BCUT2D eigenvalue weighted by atomic mass is 10.0. The van der Waals surface area contributed by atoms with Crippen LogP contribution in [0.5, 0.6) is 5.75 Å². The molecule has 3 rings (SSSR count). The first-order valence-electron chi connectivity index (χ1n) is 7.02. The monoisotopic (exact) mass is 369 g/mol. The molecule has 0 fully saturated rings. The Morgan fingerprint density at radius 1 is 1.16 bits per heavy atom. The van der Waals surface area contributed by atoms with Crippen LogP contribution in [0.2, 0.25) is 5.15 Å². The normalized spacial score (nSPS) is 11.7. The number of methoxy groups -OCH3 is 1. The number of benzene rings is 1. The molecule has 25 heavy (non-hydrogen) atoms. The molecular formula is C16H11ClF3N3O2. The van der Waals surface area contributed by atoms with Crippen LogP contribution >= 0.6 is 11.6 Å². The van der Waals surface area contributed by atoms with E-state index in [0.717, 1.165) is 12.1 Å². The molecule has 5 nitrogen and oxygen atoms in total. The molecule has 0 spiro atoms. The van der Waals surface area contributed by atoms with Gasteiger partial charge in [-0.25, -0.2) is 0 Å². The van der Waals surface area contributed by atoms with E-state index in [9.17, 15) is 13.2 Å². The fourth-order valence-corrected chi connectivity index (χ4v) is 2.48. The second-order valence-electron chi connectivity index (χ2n) is 5.00. The van der Waals surface area contributed by atoms with Gasteiger partial charge in [0.1, 0.15) is 17.0 Å². The Labute approximate surface area is 145 Å². The highest BCUT2D eigenvalue weighted by molar-refractivity contribution is 6.34. The summed E-state index contributed by atoms with van der Waals surface area (Å²) < 4.78 is 49.1. The van der Waals surface area contributed by atoms with Gasteiger partial charge in [-0.1, -0.05) is 11.6 Å². The zero-order chi connectivity index (χ0) is 18.0. The quantitative estimate of drug-likeness (QED) is 0.640. The molecule has 0 aliphatic rings. The Hall–Kier alpha value is -2.45. The third kappa shape index (κ3) is 3.49. The third-order valence-electron chi connectivity index (χ3n) is 3.39. The van der Waals surface area contributed by atoms with E-state index < -0.39 is 11.7 Å². The largest absolute Gasteiger partial charge is 0.467 e. The van der Waals surface area contributed by atoms with Crippen LogP contribution in [0, 0.1) is 0 Å². The third-order valence-corrected chi connectivity index (χ3v) is 3.65. The summed E-state index contributed by atoms with van der Waals surface area (Å²) in [5.74, 6) is -0.0292. The molecule has 0 saturated carbocycles. The van der Waals surface area contributed by atoms with Crippen LogP contribution in [0.15, 0.2) is 36.5 Å². The number of hydrogen-bond donors (Lipinski definition) is 0. The molecule has 2 aromatic heterocycles. The number of fused-ring (bicyclic) bond motifs is 1. The van der Waals surface area contributed by atoms with Gasteiger partial charge < -0.3 is 9.47 Å². The number of pyridine rings is 1. The summed E-state index contributed by atoms with van der Waals surface area (Å²) >= 11 is 5.99. The Bertz CT molecular complexity index is 919. The van der Waals surface area contributed by atoms with Crippen molar-refractivity contribution < 1.29 is 22.6 Å². The SMILES string of the molecule is COCOc1cc(C(F)(F)F)ccc1-c1nnc(Cl)c2ncccc12. The van der Waals surface area contributed by atoms with Crippen molar-refractivity contribution in [3.63, 3.8) is 0 Å². The van der Waals surface area contributed by atoms with E-state index >= 15 is 0 Å². The van der Waals surface area contributed by atoms with Gasteiger partial charge in [0.25, 0.3) is 0 Å². The van der Waals surface area contributed by atoms with Gasteiger partial charge in [0, 0.05) is 24.3 Å². The summed E-state index contributed by atoms with van der Waals surface area (Å²) in [7, 11) is 1.37. The Kier molecular flexibility index (Phi) is 4.73. The summed E-state index contributed by atoms with van der Waals surface area (Å²) in [5.41, 5.74) is 0.193. The van der Waals surface area contributed by atoms with E-state index in [0.29, 0.717) is 22.2 Å². The number of halogens is 4. The number of hydrogen-bond acceptors (Lipinski definition) is 5. The number of rotatable bonds is 4. The van der Waals surface area contributed by atoms with E-state index in [1.807, 2.05) is 0 Å². The van der Waals surface area contributed by atoms with Crippen LogP contribution < -0.4 is 4.74 Å². The summed E-state index contributed by atoms with van der Waals surface area (Å²) in [4.78, 5) is 4.14. The molecule has 1 aromatic carbocycles. The molecule has 2 heterocycles. The van der Waals surface area contributed by atoms with E-state index in [1.54, 1.807) is 12.1 Å². The maximum Gasteiger partial charge on any atom is 0.416 e. The Balaban J connectivity index is 2.21. The molecule has 0 unspecified atom stereocenters. The molecule has 0 bridgehead atoms. The highest BCUT2D eigenvalue weighted by Crippen LogP contribution is 2.38. The predicted molar refractivity (Wildman–Crippen MR) is 85.3 cm³/mol. The van der Waals surface area contributed by atoms with Crippen LogP contribution in [0.3, 0.4) is 0 Å². The van der Waals surface area contributed by atoms with Gasteiger partial charge >= 0.3 is 6.18 Å². The van der Waals surface area contributed by atoms with Crippen molar-refractivity contribution >= 4 is 22.5 Å². The number of ether oxygens (including phenoxy) is 2. The van der Waals surface area contributed by atoms with Crippen LogP contribution in [0.1, 0.15) is 5.56 Å². The minimum atomic E-state index is -4.50. The lowest BCUT2D eigenvalue weighted by molar-refractivity contribution is -0.137. The van der Waals surface area contributed by atoms with Crippen LogP contribution in [-0.2, 0) is 10.9 Å². The maximum atomic E-state index is 13.0. The average Bonchev–Trinajstić information content (AvgIpc) is 2.60. The highest BCUT2D eigenvalue weighted by Gasteiger charge is 2.31. The molecular weight excluding hydrogens is 359 g/mol. The molecule has 0 aliphatic heterocycles. The molecule has 0 saturated heterocycles. The van der Waals surface area contributed by atoms with E-state index in [2.05, 4.69) is 15.2 Å². The highest BCUT2D eigenvalue weighted by atomic mass is 35.5. The fourth-order valence-electron chi connectivity index (χ4n) is 2.29. The zero-order valence-electron chi connectivity index (χ0n) is 12.8. The van der Waals surface area contributed by atoms with Crippen molar-refractivity contribution in [1.82, 2.24) is 15.2 Å². The van der Waals surface area contributed by atoms with E-state index in [4.69, 9.17) is 21.1 Å². The minimum absolute atomic E-state index is 0.0292. The maximum absolute atomic E-state index is 13.0. The zero-order valence-corrected chi connectivity index (χ0v) is 13.6. The second-order valence-corrected chi connectivity index (χ2v) is 5.36. The Morgan fingerprint density at radius 3 is 2.68 bits per heavy atom. The summed E-state index contributed by atoms with van der Waals surface area (Å²) in [6.45, 7) is -0.217. The average molecular weight is 370 g/mol. The van der Waals surface area contributed by atoms with Crippen molar-refractivity contribution in [1.29, 1.82) is 0 Å². The minimum Gasteiger partial charge on any atom is -0.467 e. The molecule has 0 amide bonds. The van der Waals surface area contributed by atoms with Crippen LogP contribution in [0.25, 0.3) is 22.2 Å². The van der Waals surface area contributed by atoms with Crippen molar-refractivity contribution in [3.05, 3.63) is 47.2 Å². The summed E-state index contributed by atoms with van der Waals surface area (Å²) in [6.07, 6.45) is -2.96. The van der Waals surface area contributed by atoms with Crippen molar-refractivity contribution in [3.8, 4) is 17.0 Å². The predicted octanol–water partition coefficient (Wildman–Crippen LogP) is 4.35. The molecule has 0 radical (unpaired) electrons. The second kappa shape index (κ2) is 6.81. The molecule has 130 valence electrons. The molecule has 0 atom stereocenters. The van der Waals surface area contributed by atoms with Crippen LogP contribution in [0.4, 0.5) is 13.2 Å². The van der Waals surface area contributed by atoms with Gasteiger partial charge in [-0.15, -0.1) is 10.2 Å². The topological polar surface area (TPSA) is 57.1 Å². The van der Waals surface area contributed by atoms with Gasteiger partial charge in [0.05, 0.1) is 5.56 Å². The lowest BCUT2D eigenvalue weighted by Gasteiger charge is -2.14. The first-order valence-corrected chi connectivity index (χ1v) is 7.40. The van der Waals surface area contributed by atoms with Crippen molar-refractivity contribution in [2.24, 2.45) is 0 Å². The molecule has 0 N–H and O–H groups in total. The van der Waals surface area contributed by atoms with Gasteiger partial charge in [-0.3, -0.25) is 4.98 Å². The van der Waals surface area contributed by atoms with E-state index in [1.165, 1.54) is 19.4 Å². The van der Waals surface area contributed by atoms with Gasteiger partial charge in [-0.05, 0) is 30.3 Å². The molecule has 9 heteroatoms. The van der Waals surface area contributed by atoms with Gasteiger partial charge in [0.15, 0.2) is 11.9 Å². The number of aromatic nitrogens is 3. The summed E-state index contributed by atoms with van der Waals surface area (Å²) in [5, 5.41) is 8.48. The fraction of sp³-hybridized carbons (Fsp3) is 0.188. The lowest BCUT2D eigenvalue weighted by Crippen LogP contribution is -2.07. The smallest absolute Gasteiger partial charge is 0.416 e. The molecule has 0 aliphatic carbocycles. The number of nitrogens with zero attached hydrogens (tertiary/aromatic N) is 3. The van der Waals surface area contributed by atoms with Gasteiger partial charge in [-0.2, -0.15) is 13.2 Å². The van der Waals surface area contributed by atoms with Crippen molar-refractivity contribution in [2.45, 2.75) is 6.18 Å². The van der Waals surface area contributed by atoms with Gasteiger partial charge in [0.2, 0.25) is 0 Å². The van der Waals surface area contributed by atoms with Crippen LogP contribution in [-0.4, -0.2) is 29.1 Å². The summed E-state index contributed by atoms with van der Waals surface area (Å²) in [6, 6.07) is 6.50. The first-order chi connectivity index (χ1) is 11.9.